The molecule has 546 valence electrons. The Morgan fingerprint density at radius 1 is 0.495 bits per heavy atom. The summed E-state index contributed by atoms with van der Waals surface area (Å²) < 4.78 is 146. The largest absolute Gasteiger partial charge is 0.496 e. The van der Waals surface area contributed by atoms with E-state index < -0.39 is 31.3 Å². The Kier molecular flexibility index (Phi) is 22.3. The number of Topliss-reactive ketones (excluding diaryl/α,β-unsaturated/α-hetero) is 3. The van der Waals surface area contributed by atoms with E-state index in [0.717, 1.165) is 70.2 Å². The van der Waals surface area contributed by atoms with Crippen molar-refractivity contribution in [2.75, 3.05) is 60.7 Å². The maximum Gasteiger partial charge on any atom is 0.410 e. The first-order chi connectivity index (χ1) is 49.5. The Balaban J connectivity index is 0.000000148. The lowest BCUT2D eigenvalue weighted by atomic mass is 10.00. The molecule has 103 heavy (non-hydrogen) atoms. The molecule has 0 bridgehead atoms. The van der Waals surface area contributed by atoms with Crippen LogP contribution in [-0.2, 0) is 4.74 Å². The zero-order valence-corrected chi connectivity index (χ0v) is 57.6. The number of imidazole rings is 3. The number of hydrogen-bond donors (Lipinski definition) is 1. The van der Waals surface area contributed by atoms with Gasteiger partial charge in [0.1, 0.15) is 91.0 Å². The van der Waals surface area contributed by atoms with E-state index in [1.54, 1.807) is 62.6 Å². The maximum absolute atomic E-state index is 13.4. The second-order valence-electron chi connectivity index (χ2n) is 27.2. The monoisotopic (exact) mass is 1430 g/mol. The predicted molar refractivity (Wildman–Crippen MR) is 364 cm³/mol. The van der Waals surface area contributed by atoms with Gasteiger partial charge in [0.05, 0.1) is 70.2 Å². The van der Waals surface area contributed by atoms with Gasteiger partial charge in [-0.05, 0) is 151 Å². The molecule has 5 fully saturated rings. The van der Waals surface area contributed by atoms with Crippen LogP contribution in [-0.4, -0.2) is 143 Å². The molecule has 1 N–H and O–H groups in total. The lowest BCUT2D eigenvalue weighted by Gasteiger charge is -2.24. The lowest BCUT2D eigenvalue weighted by Crippen LogP contribution is -2.35. The standard InChI is InChI=1S/C30H35F2N3O6.C25H27F2N3O4.C20H17F3N2O3/c1-30(2,3)41-29(37)34-9-7-19(16-34)17-39-21-8-10-35-22(15-33-26(35)14-21)20-12-24(38-4)27(23(36)11-18-5-6-18)25(13-20)40-28(31)32;1-32-21-9-17(10-22(34-25(26)27)24(21)20(31)8-15-2-3-15)19-13-29-23-11-18(5-7-30(19)23)33-14-16-4-6-28-12-16;1-27-16-7-12(14-10-24-18-9-13(21)4-5-25(14)18)8-17(28-20(22)23)19(16)15(26)6-11-2-3-11/h8,10,12-15,18-19,28H,5-7,9,11,16-17H2,1-4H3;5,7,9-11,13,15-16,25,28H,2-4,6,8,12,14H2,1H3;4-5,7-11,20H,2-3,6H2,1H3/t19-;16-;/m11./s1. The third-order valence-electron chi connectivity index (χ3n) is 18.3. The number of carbonyl (C=O) groups is 4. The summed E-state index contributed by atoms with van der Waals surface area (Å²) in [5.41, 5.74) is 4.46. The van der Waals surface area contributed by atoms with E-state index in [0.29, 0.717) is 101 Å². The fourth-order valence-corrected chi connectivity index (χ4v) is 12.6. The third kappa shape index (κ3) is 18.2. The van der Waals surface area contributed by atoms with Gasteiger partial charge in [0.15, 0.2) is 17.3 Å². The number of nitrogens with zero attached hydrogens (tertiary/aromatic N) is 7. The van der Waals surface area contributed by atoms with Crippen LogP contribution in [0.4, 0.5) is 35.5 Å². The minimum atomic E-state index is -3.10. The van der Waals surface area contributed by atoms with Gasteiger partial charge in [-0.15, -0.1) is 0 Å². The molecule has 3 aliphatic carbocycles. The normalized spacial score (nSPS) is 16.6. The molecule has 1 amide bonds. The average molecular weight is 1430 g/mol. The SMILES string of the molecule is COc1cc(-c2cnc3cc(F)ccn23)cc(OC(F)F)c1C(=O)CC1CC1.COc1cc(-c2cnc3cc(OC[C@@H]4CCN(C(=O)OC(C)(C)C)C4)ccn23)cc(OC(F)F)c1C(=O)CC1CC1.COc1cc(-c2cnc3cc(OC[C@@H]4CCNC4)ccn23)cc(OC(F)F)c1C(=O)CC1CC1. The van der Waals surface area contributed by atoms with Crippen molar-refractivity contribution >= 4 is 40.4 Å². The van der Waals surface area contributed by atoms with Crippen molar-refractivity contribution in [1.29, 1.82) is 0 Å². The van der Waals surface area contributed by atoms with Crippen molar-refractivity contribution in [2.45, 2.75) is 117 Å². The molecule has 5 aliphatic rings. The first-order valence-corrected chi connectivity index (χ1v) is 34.1. The Morgan fingerprint density at radius 2 is 0.874 bits per heavy atom. The Labute approximate surface area is 588 Å². The van der Waals surface area contributed by atoms with E-state index in [1.165, 1.54) is 64.1 Å². The number of ether oxygens (including phenoxy) is 9. The highest BCUT2D eigenvalue weighted by Gasteiger charge is 2.35. The van der Waals surface area contributed by atoms with Crippen molar-refractivity contribution in [3.8, 4) is 79.8 Å². The van der Waals surface area contributed by atoms with Gasteiger partial charge < -0.3 is 52.8 Å². The highest BCUT2D eigenvalue weighted by molar-refractivity contribution is 6.04. The fraction of sp³-hybridized carbons (Fsp3) is 0.427. The Bertz CT molecular complexity index is 4560. The molecule has 0 unspecified atom stereocenters. The summed E-state index contributed by atoms with van der Waals surface area (Å²) in [5.74, 6) is 1.50. The molecule has 21 nitrogen and oxygen atoms in total. The zero-order valence-electron chi connectivity index (χ0n) is 57.6. The Hall–Kier alpha value is -10.1. The first-order valence-electron chi connectivity index (χ1n) is 34.1. The summed E-state index contributed by atoms with van der Waals surface area (Å²) in [6, 6.07) is 18.9. The van der Waals surface area contributed by atoms with Crippen molar-refractivity contribution in [3.63, 3.8) is 0 Å². The number of alkyl halides is 6. The van der Waals surface area contributed by atoms with Crippen molar-refractivity contribution in [1.82, 2.24) is 38.4 Å². The summed E-state index contributed by atoms with van der Waals surface area (Å²) in [5, 5.41) is 3.32. The molecule has 3 saturated carbocycles. The number of pyridine rings is 3. The van der Waals surface area contributed by atoms with Crippen LogP contribution >= 0.6 is 0 Å². The summed E-state index contributed by atoms with van der Waals surface area (Å²) in [7, 11) is 4.18. The topological polar surface area (TPSA) is 219 Å². The summed E-state index contributed by atoms with van der Waals surface area (Å²) in [6.45, 7) is 0.512. The van der Waals surface area contributed by atoms with Crippen molar-refractivity contribution in [3.05, 3.63) is 132 Å². The molecule has 14 rings (SSSR count). The molecule has 28 heteroatoms. The zero-order chi connectivity index (χ0) is 72.8. The number of fused-ring (bicyclic) bond motifs is 3. The van der Waals surface area contributed by atoms with Crippen LogP contribution in [0.25, 0.3) is 50.7 Å². The number of methoxy groups -OCH3 is 3. The molecule has 0 spiro atoms. The number of likely N-dealkylation sites (tertiary alicyclic amines) is 1. The Morgan fingerprint density at radius 3 is 1.23 bits per heavy atom. The summed E-state index contributed by atoms with van der Waals surface area (Å²) in [6.07, 6.45) is 18.0. The van der Waals surface area contributed by atoms with Crippen LogP contribution < -0.4 is 43.2 Å². The number of ketones is 3. The van der Waals surface area contributed by atoms with Crippen LogP contribution in [0.15, 0.2) is 110 Å². The molecule has 0 radical (unpaired) electrons. The van der Waals surface area contributed by atoms with E-state index in [9.17, 15) is 49.9 Å². The van der Waals surface area contributed by atoms with Crippen LogP contribution in [0.3, 0.4) is 0 Å². The number of rotatable bonds is 27. The van der Waals surface area contributed by atoms with Gasteiger partial charge in [-0.1, -0.05) is 0 Å². The van der Waals surface area contributed by atoms with E-state index in [4.69, 9.17) is 37.9 Å². The maximum atomic E-state index is 13.4. The number of carbonyl (C=O) groups excluding carboxylic acids is 4. The fourth-order valence-electron chi connectivity index (χ4n) is 12.6. The third-order valence-corrected chi connectivity index (χ3v) is 18.3. The van der Waals surface area contributed by atoms with Crippen LogP contribution in [0, 0.1) is 35.4 Å². The second kappa shape index (κ2) is 31.6. The minimum absolute atomic E-state index is 0.0123. The van der Waals surface area contributed by atoms with Gasteiger partial charge >= 0.3 is 25.9 Å². The molecule has 2 atom stereocenters. The molecule has 8 heterocycles. The highest BCUT2D eigenvalue weighted by Crippen LogP contribution is 2.45. The van der Waals surface area contributed by atoms with E-state index in [1.807, 2.05) is 43.5 Å². The van der Waals surface area contributed by atoms with Gasteiger partial charge in [-0.2, -0.15) is 26.3 Å². The number of amides is 1. The van der Waals surface area contributed by atoms with Gasteiger partial charge in [-0.3, -0.25) is 27.6 Å². The molecular weight excluding hydrogens is 1350 g/mol. The number of benzene rings is 3. The average Bonchev–Trinajstić information content (AvgIpc) is 1.74. The predicted octanol–water partition coefficient (Wildman–Crippen LogP) is 15.5. The van der Waals surface area contributed by atoms with Crippen LogP contribution in [0.1, 0.15) is 122 Å². The number of nitrogens with one attached hydrogen (secondary N) is 1. The van der Waals surface area contributed by atoms with Gasteiger partial charge in [-0.25, -0.2) is 24.1 Å². The van der Waals surface area contributed by atoms with E-state index >= 15 is 0 Å². The smallest absolute Gasteiger partial charge is 0.410 e. The van der Waals surface area contributed by atoms with Crippen molar-refractivity contribution < 1.29 is 92.5 Å². The highest BCUT2D eigenvalue weighted by atomic mass is 19.3. The lowest BCUT2D eigenvalue weighted by molar-refractivity contribution is -0.0509. The van der Waals surface area contributed by atoms with Gasteiger partial charge in [0.2, 0.25) is 0 Å². The number of hydrogen-bond acceptors (Lipinski definition) is 17. The number of aromatic nitrogens is 6. The second-order valence-corrected chi connectivity index (χ2v) is 27.2. The molecule has 2 aliphatic heterocycles. The van der Waals surface area contributed by atoms with E-state index in [2.05, 4.69) is 25.0 Å². The number of halogens is 7. The van der Waals surface area contributed by atoms with Gasteiger partial charge in [0, 0.05) is 104 Å². The summed E-state index contributed by atoms with van der Waals surface area (Å²) >= 11 is 0. The van der Waals surface area contributed by atoms with Crippen LogP contribution in [0.5, 0.6) is 46.0 Å². The molecular formula is C75H79F7N8O13. The minimum Gasteiger partial charge on any atom is -0.496 e. The van der Waals surface area contributed by atoms with Crippen molar-refractivity contribution in [2.24, 2.45) is 29.6 Å². The molecule has 6 aromatic heterocycles. The summed E-state index contributed by atoms with van der Waals surface area (Å²) in [4.78, 5) is 65.5. The van der Waals surface area contributed by atoms with E-state index in [-0.39, 0.29) is 105 Å². The van der Waals surface area contributed by atoms with Gasteiger partial charge in [0.25, 0.3) is 0 Å². The van der Waals surface area contributed by atoms with Crippen LogP contribution in [0.2, 0.25) is 0 Å². The molecule has 9 aromatic rings. The first kappa shape index (κ1) is 72.7. The molecule has 2 saturated heterocycles. The quantitative estimate of drug-likeness (QED) is 0.0374. The molecule has 3 aromatic carbocycles.